The maximum atomic E-state index is 11.5. The summed E-state index contributed by atoms with van der Waals surface area (Å²) in [5.41, 5.74) is 1.29. The van der Waals surface area contributed by atoms with E-state index in [1.807, 2.05) is 27.7 Å². The molecule has 90 valence electrons. The van der Waals surface area contributed by atoms with E-state index in [0.29, 0.717) is 12.0 Å². The first-order chi connectivity index (χ1) is 7.40. The molecule has 0 bridgehead atoms. The molecule has 0 aliphatic heterocycles. The van der Waals surface area contributed by atoms with E-state index in [2.05, 4.69) is 11.8 Å². The van der Waals surface area contributed by atoms with E-state index >= 15 is 0 Å². The van der Waals surface area contributed by atoms with Gasteiger partial charge in [0.1, 0.15) is 6.10 Å². The third kappa shape index (κ3) is 2.96. The number of Topliss-reactive ketones (excluding diaryl/α,β-unsaturated/α-hetero) is 1. The largest absolute Gasteiger partial charge is 0.385 e. The monoisotopic (exact) mass is 222 g/mol. The first kappa shape index (κ1) is 14.9. The Bertz CT molecular complexity index is 351. The molecule has 2 heteroatoms. The van der Waals surface area contributed by atoms with Gasteiger partial charge in [0, 0.05) is 16.6 Å². The van der Waals surface area contributed by atoms with Crippen LogP contribution in [0.2, 0.25) is 0 Å². The van der Waals surface area contributed by atoms with Gasteiger partial charge in [-0.3, -0.25) is 4.79 Å². The van der Waals surface area contributed by atoms with E-state index in [4.69, 9.17) is 0 Å². The van der Waals surface area contributed by atoms with Crippen LogP contribution in [-0.4, -0.2) is 17.0 Å². The molecular weight excluding hydrogens is 200 g/mol. The van der Waals surface area contributed by atoms with E-state index in [-0.39, 0.29) is 11.2 Å². The minimum atomic E-state index is -0.854. The third-order valence-electron chi connectivity index (χ3n) is 2.68. The van der Waals surface area contributed by atoms with Crippen LogP contribution in [0.4, 0.5) is 0 Å². The number of allylic oxidation sites excluding steroid dienone is 1. The Labute approximate surface area is 98.7 Å². The van der Waals surface area contributed by atoms with Crippen molar-refractivity contribution < 1.29 is 9.90 Å². The van der Waals surface area contributed by atoms with Gasteiger partial charge in [-0.1, -0.05) is 33.6 Å². The summed E-state index contributed by atoms with van der Waals surface area (Å²) in [5.74, 6) is 5.61. The van der Waals surface area contributed by atoms with Crippen molar-refractivity contribution in [3.05, 3.63) is 11.1 Å². The minimum Gasteiger partial charge on any atom is -0.385 e. The molecule has 1 atom stereocenters. The predicted molar refractivity (Wildman–Crippen MR) is 66.9 cm³/mol. The summed E-state index contributed by atoms with van der Waals surface area (Å²) in [6.07, 6.45) is -0.389. The third-order valence-corrected chi connectivity index (χ3v) is 2.68. The van der Waals surface area contributed by atoms with Crippen molar-refractivity contribution in [2.75, 3.05) is 0 Å². The van der Waals surface area contributed by atoms with Gasteiger partial charge < -0.3 is 5.11 Å². The van der Waals surface area contributed by atoms with Gasteiger partial charge in [-0.15, -0.1) is 5.92 Å². The summed E-state index contributed by atoms with van der Waals surface area (Å²) in [6.45, 7) is 11.5. The Morgan fingerprint density at radius 3 is 2.31 bits per heavy atom. The van der Waals surface area contributed by atoms with Gasteiger partial charge in [0.15, 0.2) is 5.78 Å². The van der Waals surface area contributed by atoms with Gasteiger partial charge in [-0.05, 0) is 20.3 Å². The standard InChI is InChI=1S/C12H16O2.C2H6/c1-5-6-9-8(2)11(14)10(13)7-12(9,3)4;1-2/h10,13H,7H2,1-4H3;1-2H3. The Morgan fingerprint density at radius 1 is 1.38 bits per heavy atom. The van der Waals surface area contributed by atoms with Crippen LogP contribution in [0.15, 0.2) is 11.1 Å². The zero-order chi connectivity index (χ0) is 12.9. The molecule has 1 rings (SSSR count). The summed E-state index contributed by atoms with van der Waals surface area (Å²) in [7, 11) is 0. The molecule has 1 unspecified atom stereocenters. The topological polar surface area (TPSA) is 37.3 Å². The molecule has 0 heterocycles. The lowest BCUT2D eigenvalue weighted by Gasteiger charge is -2.33. The molecule has 0 aromatic rings. The molecule has 1 aliphatic rings. The molecule has 0 radical (unpaired) electrons. The smallest absolute Gasteiger partial charge is 0.187 e. The van der Waals surface area contributed by atoms with E-state index in [1.54, 1.807) is 13.8 Å². The summed E-state index contributed by atoms with van der Waals surface area (Å²) in [4.78, 5) is 11.5. The normalized spacial score (nSPS) is 22.9. The van der Waals surface area contributed by atoms with Gasteiger partial charge in [0.25, 0.3) is 0 Å². The van der Waals surface area contributed by atoms with Crippen LogP contribution in [0.1, 0.15) is 48.0 Å². The van der Waals surface area contributed by atoms with Crippen molar-refractivity contribution >= 4 is 5.78 Å². The van der Waals surface area contributed by atoms with Crippen LogP contribution < -0.4 is 0 Å². The van der Waals surface area contributed by atoms with Crippen molar-refractivity contribution in [3.8, 4) is 11.8 Å². The average molecular weight is 222 g/mol. The lowest BCUT2D eigenvalue weighted by Crippen LogP contribution is -2.35. The first-order valence-corrected chi connectivity index (χ1v) is 5.76. The van der Waals surface area contributed by atoms with Crippen LogP contribution in [0.3, 0.4) is 0 Å². The van der Waals surface area contributed by atoms with Crippen molar-refractivity contribution in [2.24, 2.45) is 5.41 Å². The highest BCUT2D eigenvalue weighted by Crippen LogP contribution is 2.38. The Morgan fingerprint density at radius 2 is 1.88 bits per heavy atom. The van der Waals surface area contributed by atoms with Gasteiger partial charge >= 0.3 is 0 Å². The molecular formula is C14H22O2. The molecule has 0 aromatic heterocycles. The van der Waals surface area contributed by atoms with Crippen LogP contribution in [0.5, 0.6) is 0 Å². The number of carbonyl (C=O) groups excluding carboxylic acids is 1. The number of rotatable bonds is 0. The molecule has 2 nitrogen and oxygen atoms in total. The zero-order valence-corrected chi connectivity index (χ0v) is 11.1. The molecule has 0 aromatic carbocycles. The lowest BCUT2D eigenvalue weighted by molar-refractivity contribution is -0.125. The van der Waals surface area contributed by atoms with E-state index in [1.165, 1.54) is 0 Å². The van der Waals surface area contributed by atoms with Crippen molar-refractivity contribution in [1.82, 2.24) is 0 Å². The summed E-state index contributed by atoms with van der Waals surface area (Å²) in [5, 5.41) is 9.54. The molecule has 0 spiro atoms. The molecule has 16 heavy (non-hydrogen) atoms. The summed E-state index contributed by atoms with van der Waals surface area (Å²) < 4.78 is 0. The van der Waals surface area contributed by atoms with Gasteiger partial charge in [0.2, 0.25) is 0 Å². The van der Waals surface area contributed by atoms with Crippen molar-refractivity contribution in [3.63, 3.8) is 0 Å². The molecule has 0 saturated heterocycles. The fraction of sp³-hybridized carbons (Fsp3) is 0.643. The van der Waals surface area contributed by atoms with Crippen molar-refractivity contribution in [1.29, 1.82) is 0 Å². The summed E-state index contributed by atoms with van der Waals surface area (Å²) >= 11 is 0. The maximum absolute atomic E-state index is 11.5. The SMILES string of the molecule is CC.CC#CC1=C(C)C(=O)C(O)CC1(C)C. The lowest BCUT2D eigenvalue weighted by atomic mass is 9.71. The second kappa shape index (κ2) is 5.86. The molecule has 1 N–H and O–H groups in total. The van der Waals surface area contributed by atoms with E-state index in [0.717, 1.165) is 5.57 Å². The number of hydrogen-bond acceptors (Lipinski definition) is 2. The average Bonchev–Trinajstić information content (AvgIpc) is 2.24. The van der Waals surface area contributed by atoms with E-state index in [9.17, 15) is 9.90 Å². The summed E-state index contributed by atoms with van der Waals surface area (Å²) in [6, 6.07) is 0. The second-order valence-electron chi connectivity index (χ2n) is 4.34. The van der Waals surface area contributed by atoms with Gasteiger partial charge in [-0.2, -0.15) is 0 Å². The quantitative estimate of drug-likeness (QED) is 0.640. The number of aliphatic hydroxyl groups is 1. The van der Waals surface area contributed by atoms with Crippen molar-refractivity contribution in [2.45, 2.75) is 54.1 Å². The Hall–Kier alpha value is -1.07. The number of ketones is 1. The highest BCUT2D eigenvalue weighted by atomic mass is 16.3. The number of carbonyl (C=O) groups is 1. The van der Waals surface area contributed by atoms with Crippen LogP contribution >= 0.6 is 0 Å². The predicted octanol–water partition coefficient (Wildman–Crippen LogP) is 2.71. The zero-order valence-electron chi connectivity index (χ0n) is 11.1. The molecule has 0 amide bonds. The highest BCUT2D eigenvalue weighted by Gasteiger charge is 2.37. The Balaban J connectivity index is 0.00000106. The molecule has 0 fully saturated rings. The Kier molecular flexibility index (Phi) is 5.47. The van der Waals surface area contributed by atoms with Crippen LogP contribution in [0.25, 0.3) is 0 Å². The van der Waals surface area contributed by atoms with Gasteiger partial charge in [-0.25, -0.2) is 0 Å². The molecule has 1 aliphatic carbocycles. The van der Waals surface area contributed by atoms with Crippen LogP contribution in [0, 0.1) is 17.3 Å². The highest BCUT2D eigenvalue weighted by molar-refractivity contribution is 6.00. The number of aliphatic hydroxyl groups excluding tert-OH is 1. The first-order valence-electron chi connectivity index (χ1n) is 5.76. The number of hydrogen-bond donors (Lipinski definition) is 1. The fourth-order valence-corrected chi connectivity index (χ4v) is 1.95. The minimum absolute atomic E-state index is 0.179. The van der Waals surface area contributed by atoms with E-state index < -0.39 is 6.10 Å². The van der Waals surface area contributed by atoms with Gasteiger partial charge in [0.05, 0.1) is 0 Å². The molecule has 0 saturated carbocycles. The van der Waals surface area contributed by atoms with Crippen LogP contribution in [-0.2, 0) is 4.79 Å². The maximum Gasteiger partial charge on any atom is 0.187 e. The fourth-order valence-electron chi connectivity index (χ4n) is 1.95. The second-order valence-corrected chi connectivity index (χ2v) is 4.34.